The summed E-state index contributed by atoms with van der Waals surface area (Å²) in [5.41, 5.74) is -0.471. The van der Waals surface area contributed by atoms with Gasteiger partial charge >= 0.3 is 0 Å². The van der Waals surface area contributed by atoms with Crippen LogP contribution in [0.2, 0.25) is 0 Å². The topological polar surface area (TPSA) is 80.9 Å². The number of hydrogen-bond donors (Lipinski definition) is 4. The lowest BCUT2D eigenvalue weighted by atomic mass is 9.51. The van der Waals surface area contributed by atoms with Crippen molar-refractivity contribution in [2.45, 2.75) is 176 Å². The fraction of sp³-hybridized carbons (Fsp3) is 0.760. The SMILES string of the molecule is CC(C)(C)C1=C(C(O)C(CO)(CO)C(O)(C2=C(C(C)(C)C)CC(C)(C(C)(C)C)C=C2)C2=C(C(C)(C)C)CC(C)(C(C)(C)C)C=C2)C=CC(C)(C(C)(C)C)C1. The summed E-state index contributed by atoms with van der Waals surface area (Å²) in [6.07, 6.45) is 13.6. The first-order valence-electron chi connectivity index (χ1n) is 20.8. The average molecular weight is 749 g/mol. The molecule has 0 aromatic heterocycles. The van der Waals surface area contributed by atoms with Crippen LogP contribution in [0.25, 0.3) is 0 Å². The molecule has 3 aliphatic carbocycles. The maximum absolute atomic E-state index is 14.5. The third-order valence-corrected chi connectivity index (χ3v) is 15.2. The van der Waals surface area contributed by atoms with Crippen molar-refractivity contribution in [3.63, 3.8) is 0 Å². The van der Waals surface area contributed by atoms with Crippen molar-refractivity contribution in [1.29, 1.82) is 0 Å². The van der Waals surface area contributed by atoms with Crippen molar-refractivity contribution in [2.24, 2.45) is 54.1 Å². The summed E-state index contributed by atoms with van der Waals surface area (Å²) in [4.78, 5) is 0. The van der Waals surface area contributed by atoms with Gasteiger partial charge in [0.05, 0.1) is 24.7 Å². The second-order valence-corrected chi connectivity index (χ2v) is 24.6. The molecular formula is C50H84O4. The predicted molar refractivity (Wildman–Crippen MR) is 231 cm³/mol. The van der Waals surface area contributed by atoms with Crippen LogP contribution in [0.15, 0.2) is 69.9 Å². The molecule has 0 spiro atoms. The van der Waals surface area contributed by atoms with Gasteiger partial charge in [-0.25, -0.2) is 0 Å². The van der Waals surface area contributed by atoms with Crippen LogP contribution in [0.3, 0.4) is 0 Å². The average Bonchev–Trinajstić information content (AvgIpc) is 2.98. The van der Waals surface area contributed by atoms with Gasteiger partial charge < -0.3 is 20.4 Å². The molecule has 0 aromatic carbocycles. The van der Waals surface area contributed by atoms with E-state index in [1.807, 2.05) is 6.08 Å². The van der Waals surface area contributed by atoms with Gasteiger partial charge in [-0.15, -0.1) is 0 Å². The molecule has 0 amide bonds. The number of aliphatic hydroxyl groups is 4. The van der Waals surface area contributed by atoms with E-state index in [9.17, 15) is 20.4 Å². The highest BCUT2D eigenvalue weighted by Gasteiger charge is 2.62. The summed E-state index contributed by atoms with van der Waals surface area (Å²) in [7, 11) is 0. The van der Waals surface area contributed by atoms with E-state index in [0.717, 1.165) is 16.7 Å². The molecule has 3 rings (SSSR count). The minimum Gasteiger partial charge on any atom is -0.395 e. The lowest BCUT2D eigenvalue weighted by Gasteiger charge is -2.56. The van der Waals surface area contributed by atoms with E-state index in [1.54, 1.807) is 0 Å². The number of aliphatic hydroxyl groups excluding tert-OH is 3. The zero-order chi connectivity index (χ0) is 42.3. The molecule has 0 saturated carbocycles. The first-order chi connectivity index (χ1) is 23.8. The van der Waals surface area contributed by atoms with Crippen LogP contribution in [0, 0.1) is 54.1 Å². The van der Waals surface area contributed by atoms with E-state index in [2.05, 4.69) is 176 Å². The van der Waals surface area contributed by atoms with Crippen LogP contribution in [0.1, 0.15) is 165 Å². The molecule has 0 aromatic rings. The van der Waals surface area contributed by atoms with Gasteiger partial charge in [0.25, 0.3) is 0 Å². The van der Waals surface area contributed by atoms with Gasteiger partial charge in [0.15, 0.2) is 0 Å². The predicted octanol–water partition coefficient (Wildman–Crippen LogP) is 12.1. The second-order valence-electron chi connectivity index (χ2n) is 24.6. The summed E-state index contributed by atoms with van der Waals surface area (Å²) in [5.74, 6) is 0. The van der Waals surface area contributed by atoms with E-state index < -0.39 is 30.3 Å². The maximum Gasteiger partial charge on any atom is 0.127 e. The molecule has 4 N–H and O–H groups in total. The van der Waals surface area contributed by atoms with Gasteiger partial charge in [-0.1, -0.05) is 199 Å². The molecule has 0 radical (unpaired) electrons. The summed E-state index contributed by atoms with van der Waals surface area (Å²) >= 11 is 0. The lowest BCUT2D eigenvalue weighted by Crippen LogP contribution is -2.63. The quantitative estimate of drug-likeness (QED) is 0.209. The molecule has 3 aliphatic rings. The Bertz CT molecular complexity index is 1540. The first-order valence-corrected chi connectivity index (χ1v) is 20.8. The Kier molecular flexibility index (Phi) is 12.1. The van der Waals surface area contributed by atoms with Crippen molar-refractivity contribution < 1.29 is 20.4 Å². The van der Waals surface area contributed by atoms with Gasteiger partial charge in [-0.2, -0.15) is 0 Å². The van der Waals surface area contributed by atoms with E-state index in [1.165, 1.54) is 0 Å². The van der Waals surface area contributed by atoms with Crippen LogP contribution in [-0.2, 0) is 0 Å². The normalized spacial score (nSPS) is 28.6. The second kappa shape index (κ2) is 14.0. The number of allylic oxidation sites excluding steroid dienone is 6. The van der Waals surface area contributed by atoms with Crippen LogP contribution < -0.4 is 0 Å². The minimum absolute atomic E-state index is 0.0553. The molecular weight excluding hydrogens is 665 g/mol. The monoisotopic (exact) mass is 749 g/mol. The molecule has 4 heteroatoms. The molecule has 0 fully saturated rings. The zero-order valence-electron chi connectivity index (χ0n) is 38.9. The summed E-state index contributed by atoms with van der Waals surface area (Å²) < 4.78 is 0. The molecule has 4 unspecified atom stereocenters. The largest absolute Gasteiger partial charge is 0.395 e. The van der Waals surface area contributed by atoms with Crippen LogP contribution in [0.4, 0.5) is 0 Å². The molecule has 4 atom stereocenters. The van der Waals surface area contributed by atoms with Gasteiger partial charge in [0.1, 0.15) is 5.60 Å². The van der Waals surface area contributed by atoms with Gasteiger partial charge in [-0.3, -0.25) is 0 Å². The fourth-order valence-corrected chi connectivity index (χ4v) is 8.83. The standard InChI is InChI=1S/C50H84O4/c1-40(2,3)36-28-46(19,43(10,11)12)25-22-33(36)39(53)49(31-51,32-52)50(54,34-23-26-47(20,44(13,14)15)29-37(34)41(4,5)6)35-24-27-48(21,45(16,17)18)30-38(35)42(7,8)9/h22-27,39,51-54H,28-32H2,1-21H3. The Balaban J connectivity index is 2.67. The minimum atomic E-state index is -1.98. The third kappa shape index (κ3) is 7.78. The van der Waals surface area contributed by atoms with Crippen molar-refractivity contribution in [2.75, 3.05) is 13.2 Å². The third-order valence-electron chi connectivity index (χ3n) is 15.2. The Morgan fingerprint density at radius 2 is 0.778 bits per heavy atom. The van der Waals surface area contributed by atoms with E-state index in [4.69, 9.17) is 0 Å². The summed E-state index contributed by atoms with van der Waals surface area (Å²) in [5, 5.41) is 51.7. The molecule has 0 aliphatic heterocycles. The van der Waals surface area contributed by atoms with E-state index in [-0.39, 0.29) is 48.7 Å². The summed E-state index contributed by atoms with van der Waals surface area (Å²) in [6.45, 7) is 45.7. The molecule has 308 valence electrons. The Hall–Kier alpha value is -1.72. The van der Waals surface area contributed by atoms with Crippen molar-refractivity contribution in [3.8, 4) is 0 Å². The van der Waals surface area contributed by atoms with E-state index >= 15 is 0 Å². The highest BCUT2D eigenvalue weighted by Crippen LogP contribution is 2.62. The van der Waals surface area contributed by atoms with E-state index in [0.29, 0.717) is 36.0 Å². The first kappa shape index (κ1) is 46.7. The number of hydrogen-bond acceptors (Lipinski definition) is 4. The lowest BCUT2D eigenvalue weighted by molar-refractivity contribution is -0.138. The van der Waals surface area contributed by atoms with Gasteiger partial charge in [0.2, 0.25) is 0 Å². The highest BCUT2D eigenvalue weighted by atomic mass is 16.3. The highest BCUT2D eigenvalue weighted by molar-refractivity contribution is 5.58. The molecule has 4 nitrogen and oxygen atoms in total. The van der Waals surface area contributed by atoms with Crippen LogP contribution >= 0.6 is 0 Å². The molecule has 0 saturated heterocycles. The molecule has 0 heterocycles. The molecule has 0 bridgehead atoms. The van der Waals surface area contributed by atoms with Gasteiger partial charge in [-0.05, 0) is 84.7 Å². The Labute approximate surface area is 333 Å². The van der Waals surface area contributed by atoms with Crippen molar-refractivity contribution in [3.05, 3.63) is 69.9 Å². The van der Waals surface area contributed by atoms with Crippen LogP contribution in [-0.4, -0.2) is 45.3 Å². The zero-order valence-corrected chi connectivity index (χ0v) is 38.9. The fourth-order valence-electron chi connectivity index (χ4n) is 8.83. The Morgan fingerprint density at radius 1 is 0.500 bits per heavy atom. The maximum atomic E-state index is 14.5. The Morgan fingerprint density at radius 3 is 1.04 bits per heavy atom. The van der Waals surface area contributed by atoms with Crippen molar-refractivity contribution in [1.82, 2.24) is 0 Å². The summed E-state index contributed by atoms with van der Waals surface area (Å²) in [6, 6.07) is 0. The number of rotatable bonds is 7. The smallest absolute Gasteiger partial charge is 0.127 e. The molecule has 54 heavy (non-hydrogen) atoms. The van der Waals surface area contributed by atoms with Gasteiger partial charge in [0, 0.05) is 0 Å². The van der Waals surface area contributed by atoms with Crippen molar-refractivity contribution >= 4 is 0 Å². The van der Waals surface area contributed by atoms with Crippen LogP contribution in [0.5, 0.6) is 0 Å².